The van der Waals surface area contributed by atoms with Crippen molar-refractivity contribution in [2.75, 3.05) is 18.6 Å². The number of carbonyl (C=O) groups excluding carboxylic acids is 2. The Morgan fingerprint density at radius 3 is 1.21 bits per heavy atom. The number of primary amides is 2. The van der Waals surface area contributed by atoms with Gasteiger partial charge in [-0.05, 0) is 56.6 Å². The number of carboxylic acid groups (broad SMARTS) is 5. The maximum Gasteiger partial charge on any atom is 0.321 e. The van der Waals surface area contributed by atoms with Crippen LogP contribution in [-0.2, 0) is 33.6 Å². The summed E-state index contributed by atoms with van der Waals surface area (Å²) in [4.78, 5) is 70.3. The summed E-state index contributed by atoms with van der Waals surface area (Å²) in [5.74, 6) is -5.15. The summed E-state index contributed by atoms with van der Waals surface area (Å²) in [6.07, 6.45) is 5.01. The number of hydrogen-bond acceptors (Lipinski definition) is 14. The average Bonchev–Trinajstić information content (AvgIpc) is 2.94. The van der Waals surface area contributed by atoms with E-state index in [4.69, 9.17) is 65.7 Å². The van der Waals surface area contributed by atoms with E-state index < -0.39 is 71.9 Å². The molecule has 21 N–H and O–H groups in total. The predicted octanol–water partition coefficient (Wildman–Crippen LogP) is -2.94. The number of unbranched alkanes of at least 4 members (excludes halogenated alkanes) is 1. The maximum absolute atomic E-state index is 10.1. The van der Waals surface area contributed by atoms with Crippen molar-refractivity contribution < 1.29 is 59.1 Å². The van der Waals surface area contributed by atoms with Gasteiger partial charge in [-0.1, -0.05) is 20.3 Å². The van der Waals surface area contributed by atoms with E-state index >= 15 is 0 Å². The monoisotopic (exact) mass is 704 g/mol. The molecule has 0 fully saturated rings. The number of carboxylic acids is 5. The van der Waals surface area contributed by atoms with Crippen LogP contribution in [0.2, 0.25) is 0 Å². The molecule has 0 saturated carbocycles. The van der Waals surface area contributed by atoms with E-state index in [1.165, 1.54) is 0 Å². The first-order valence-electron chi connectivity index (χ1n) is 14.2. The molecule has 0 heterocycles. The van der Waals surface area contributed by atoms with Gasteiger partial charge in [0.05, 0.1) is 6.42 Å². The second-order valence-electron chi connectivity index (χ2n) is 10.1. The molecule has 0 aromatic carbocycles. The summed E-state index contributed by atoms with van der Waals surface area (Å²) in [7, 11) is 0. The lowest BCUT2D eigenvalue weighted by Gasteiger charge is -2.07. The number of nitrogens with two attached hydrogens (primary N) is 8. The van der Waals surface area contributed by atoms with Gasteiger partial charge < -0.3 is 71.4 Å². The van der Waals surface area contributed by atoms with E-state index in [9.17, 15) is 33.6 Å². The fourth-order valence-corrected chi connectivity index (χ4v) is 2.82. The summed E-state index contributed by atoms with van der Waals surface area (Å²) >= 11 is 1.60. The average molecular weight is 705 g/mol. The minimum Gasteiger partial charge on any atom is -0.480 e. The van der Waals surface area contributed by atoms with Crippen LogP contribution in [0, 0.1) is 5.92 Å². The van der Waals surface area contributed by atoms with Crippen molar-refractivity contribution in [2.45, 2.75) is 95.4 Å². The molecular weight excluding hydrogens is 648 g/mol. The van der Waals surface area contributed by atoms with Crippen LogP contribution < -0.4 is 45.9 Å². The molecule has 0 saturated heterocycles. The Hall–Kier alpha value is -3.60. The number of carbonyl (C=O) groups is 7. The third kappa shape index (κ3) is 46.9. The molecule has 0 spiro atoms. The Kier molecular flexibility index (Phi) is 38.0. The molecule has 0 bridgehead atoms. The Labute approximate surface area is 278 Å². The van der Waals surface area contributed by atoms with Gasteiger partial charge in [-0.15, -0.1) is 0 Å². The fourth-order valence-electron chi connectivity index (χ4n) is 2.33. The molecule has 21 heteroatoms. The predicted molar refractivity (Wildman–Crippen MR) is 176 cm³/mol. The molecule has 278 valence electrons. The van der Waals surface area contributed by atoms with Gasteiger partial charge in [-0.2, -0.15) is 11.8 Å². The number of aliphatic carboxylic acids is 5. The van der Waals surface area contributed by atoms with Crippen molar-refractivity contribution in [1.82, 2.24) is 0 Å². The molecule has 5 unspecified atom stereocenters. The van der Waals surface area contributed by atoms with Gasteiger partial charge in [0, 0.05) is 6.42 Å². The standard InChI is InChI=1S/C6H14N2O2.C6H13NO2.C5H10N2O3.C5H11NO2S.C4H8N2O3/c7-4-2-1-3-5(8)6(9)10;1-4(2)3-5(7)6(8)9;6-3(5(9)10)1-2-4(7)8;1-9-3-2-4(6)5(7)8;5-2(4(8)9)1-3(6)7/h5H,1-4,7-8H2,(H,9,10);4-5H,3,7H2,1-2H3,(H,8,9);3H,1-2,6H2,(H2,7,8)(H,9,10);4H,2-3,6H2,1H3,(H,7,8);2H,1,5H2,(H2,6,7)(H,8,9). The van der Waals surface area contributed by atoms with Crippen molar-refractivity contribution >= 4 is 53.4 Å². The van der Waals surface area contributed by atoms with E-state index in [-0.39, 0.29) is 19.3 Å². The van der Waals surface area contributed by atoms with Gasteiger partial charge in [0.2, 0.25) is 11.8 Å². The lowest BCUT2D eigenvalue weighted by molar-refractivity contribution is -0.140. The van der Waals surface area contributed by atoms with Crippen LogP contribution in [0.1, 0.15) is 65.2 Å². The molecule has 20 nitrogen and oxygen atoms in total. The first-order chi connectivity index (χ1) is 21.5. The van der Waals surface area contributed by atoms with E-state index in [0.29, 0.717) is 31.7 Å². The van der Waals surface area contributed by atoms with Crippen molar-refractivity contribution in [1.29, 1.82) is 0 Å². The third-order valence-corrected chi connectivity index (χ3v) is 5.68. The van der Waals surface area contributed by atoms with Crippen LogP contribution in [0.25, 0.3) is 0 Å². The van der Waals surface area contributed by atoms with Crippen molar-refractivity contribution in [3.63, 3.8) is 0 Å². The minimum atomic E-state index is -1.21. The van der Waals surface area contributed by atoms with E-state index in [1.54, 1.807) is 11.8 Å². The highest BCUT2D eigenvalue weighted by molar-refractivity contribution is 7.98. The zero-order valence-electron chi connectivity index (χ0n) is 27.2. The second kappa shape index (κ2) is 33.8. The third-order valence-electron chi connectivity index (χ3n) is 5.04. The van der Waals surface area contributed by atoms with Crippen LogP contribution in [0.5, 0.6) is 0 Å². The van der Waals surface area contributed by atoms with E-state index in [0.717, 1.165) is 18.6 Å². The SMILES string of the molecule is CC(C)CC(N)C(=O)O.CSCCC(N)C(=O)O.NC(=O)CC(N)C(=O)O.NC(=O)CCC(N)C(=O)O.NCCCCC(N)C(=O)O. The van der Waals surface area contributed by atoms with Crippen LogP contribution in [0.15, 0.2) is 0 Å². The molecule has 5 atom stereocenters. The summed E-state index contributed by atoms with van der Waals surface area (Å²) in [6.45, 7) is 4.50. The Balaban J connectivity index is -0.000000157. The van der Waals surface area contributed by atoms with Crippen molar-refractivity contribution in [3.8, 4) is 0 Å². The molecule has 0 rings (SSSR count). The molecule has 0 aromatic heterocycles. The summed E-state index contributed by atoms with van der Waals surface area (Å²) in [5.41, 5.74) is 40.2. The first-order valence-corrected chi connectivity index (χ1v) is 15.5. The largest absolute Gasteiger partial charge is 0.480 e. The van der Waals surface area contributed by atoms with E-state index in [2.05, 4.69) is 5.73 Å². The zero-order chi connectivity index (χ0) is 38.3. The molecule has 0 radical (unpaired) electrons. The zero-order valence-corrected chi connectivity index (χ0v) is 28.0. The van der Waals surface area contributed by atoms with Gasteiger partial charge in [-0.25, -0.2) is 0 Å². The molecule has 2 amide bonds. The lowest BCUT2D eigenvalue weighted by atomic mass is 10.1. The molecule has 47 heavy (non-hydrogen) atoms. The molecule has 0 aliphatic heterocycles. The van der Waals surface area contributed by atoms with Crippen LogP contribution in [0.3, 0.4) is 0 Å². The smallest absolute Gasteiger partial charge is 0.321 e. The van der Waals surface area contributed by atoms with Gasteiger partial charge in [-0.3, -0.25) is 33.6 Å². The molecule has 0 aliphatic rings. The Bertz CT molecular complexity index is 915. The van der Waals surface area contributed by atoms with Gasteiger partial charge in [0.25, 0.3) is 0 Å². The van der Waals surface area contributed by atoms with Crippen molar-refractivity contribution in [2.24, 2.45) is 51.8 Å². The molecule has 0 aliphatic carbocycles. The maximum atomic E-state index is 10.1. The first kappa shape index (κ1) is 52.9. The quantitative estimate of drug-likeness (QED) is 0.0598. The molecule has 0 aromatic rings. The minimum absolute atomic E-state index is 0.0213. The summed E-state index contributed by atoms with van der Waals surface area (Å²) in [6, 6.07) is -4.23. The topological polar surface area (TPSA) is 429 Å². The number of hydrogen-bond donors (Lipinski definition) is 13. The van der Waals surface area contributed by atoms with E-state index in [1.807, 2.05) is 20.1 Å². The lowest BCUT2D eigenvalue weighted by Crippen LogP contribution is -2.34. The van der Waals surface area contributed by atoms with Crippen LogP contribution in [-0.4, -0.2) is 116 Å². The Morgan fingerprint density at radius 1 is 0.574 bits per heavy atom. The summed E-state index contributed by atoms with van der Waals surface area (Å²) < 4.78 is 0. The molecular formula is C26H56N8O12S. The summed E-state index contributed by atoms with van der Waals surface area (Å²) in [5, 5.41) is 41.2. The Morgan fingerprint density at radius 2 is 0.957 bits per heavy atom. The highest BCUT2D eigenvalue weighted by atomic mass is 32.2. The van der Waals surface area contributed by atoms with Crippen molar-refractivity contribution in [3.05, 3.63) is 0 Å². The number of thioether (sulfide) groups is 1. The van der Waals surface area contributed by atoms with Gasteiger partial charge in [0.1, 0.15) is 30.2 Å². The van der Waals surface area contributed by atoms with Crippen LogP contribution >= 0.6 is 11.8 Å². The highest BCUT2D eigenvalue weighted by Gasteiger charge is 2.14. The van der Waals surface area contributed by atoms with Gasteiger partial charge >= 0.3 is 29.8 Å². The van der Waals surface area contributed by atoms with Crippen LogP contribution in [0.4, 0.5) is 0 Å². The normalized spacial score (nSPS) is 13.0. The van der Waals surface area contributed by atoms with Gasteiger partial charge in [0.15, 0.2) is 0 Å². The highest BCUT2D eigenvalue weighted by Crippen LogP contribution is 2.02. The number of amides is 2. The second-order valence-corrected chi connectivity index (χ2v) is 11.1. The fraction of sp³-hybridized carbons (Fsp3) is 0.731. The number of rotatable bonds is 19.